The van der Waals surface area contributed by atoms with E-state index in [0.717, 1.165) is 22.4 Å². The maximum atomic E-state index is 13.0. The SMILES string of the molecule is CCOc1ccc(C(=O)Nc2ccccc2OCC)cc1COc1cc(C)cc(C)c1C. The second-order valence-corrected chi connectivity index (χ2v) is 7.63. The minimum absolute atomic E-state index is 0.218. The molecule has 0 heterocycles. The monoisotopic (exact) mass is 433 g/mol. The summed E-state index contributed by atoms with van der Waals surface area (Å²) in [4.78, 5) is 13.0. The number of amides is 1. The van der Waals surface area contributed by atoms with E-state index in [9.17, 15) is 4.79 Å². The molecule has 0 saturated carbocycles. The lowest BCUT2D eigenvalue weighted by Crippen LogP contribution is -2.14. The van der Waals surface area contributed by atoms with Crippen molar-refractivity contribution in [1.82, 2.24) is 0 Å². The molecular weight excluding hydrogens is 402 g/mol. The summed E-state index contributed by atoms with van der Waals surface area (Å²) in [5, 5.41) is 2.94. The molecule has 0 aliphatic carbocycles. The molecule has 1 N–H and O–H groups in total. The first-order valence-electron chi connectivity index (χ1n) is 10.9. The van der Waals surface area contributed by atoms with Crippen molar-refractivity contribution >= 4 is 11.6 Å². The van der Waals surface area contributed by atoms with Gasteiger partial charge >= 0.3 is 0 Å². The van der Waals surface area contributed by atoms with Crippen LogP contribution < -0.4 is 19.5 Å². The maximum absolute atomic E-state index is 13.0. The Bertz CT molecular complexity index is 1090. The number of anilines is 1. The van der Waals surface area contributed by atoms with Gasteiger partial charge in [0.2, 0.25) is 0 Å². The topological polar surface area (TPSA) is 56.8 Å². The highest BCUT2D eigenvalue weighted by Crippen LogP contribution is 2.28. The molecule has 0 atom stereocenters. The summed E-state index contributed by atoms with van der Waals surface area (Å²) in [7, 11) is 0. The first-order valence-corrected chi connectivity index (χ1v) is 10.9. The molecule has 5 heteroatoms. The lowest BCUT2D eigenvalue weighted by molar-refractivity contribution is 0.102. The fraction of sp³-hybridized carbons (Fsp3) is 0.296. The molecule has 5 nitrogen and oxygen atoms in total. The van der Waals surface area contributed by atoms with Gasteiger partial charge in [0.15, 0.2) is 0 Å². The zero-order valence-corrected chi connectivity index (χ0v) is 19.5. The third-order valence-electron chi connectivity index (χ3n) is 5.20. The summed E-state index contributed by atoms with van der Waals surface area (Å²) in [6, 6.07) is 17.0. The number of aryl methyl sites for hydroxylation is 2. The van der Waals surface area contributed by atoms with Crippen LogP contribution in [0.25, 0.3) is 0 Å². The van der Waals surface area contributed by atoms with Gasteiger partial charge in [-0.2, -0.15) is 0 Å². The first-order chi connectivity index (χ1) is 15.4. The van der Waals surface area contributed by atoms with E-state index in [1.807, 2.05) is 63.2 Å². The summed E-state index contributed by atoms with van der Waals surface area (Å²) in [6.45, 7) is 11.4. The van der Waals surface area contributed by atoms with E-state index in [4.69, 9.17) is 14.2 Å². The van der Waals surface area contributed by atoms with Gasteiger partial charge in [-0.1, -0.05) is 18.2 Å². The third-order valence-corrected chi connectivity index (χ3v) is 5.20. The van der Waals surface area contributed by atoms with Crippen LogP contribution in [0.4, 0.5) is 5.69 Å². The van der Waals surface area contributed by atoms with Gasteiger partial charge in [0.1, 0.15) is 23.9 Å². The van der Waals surface area contributed by atoms with Crippen LogP contribution >= 0.6 is 0 Å². The summed E-state index contributed by atoms with van der Waals surface area (Å²) in [5.41, 5.74) is 5.42. The average molecular weight is 434 g/mol. The number of carbonyl (C=O) groups is 1. The second-order valence-electron chi connectivity index (χ2n) is 7.63. The molecule has 32 heavy (non-hydrogen) atoms. The smallest absolute Gasteiger partial charge is 0.255 e. The largest absolute Gasteiger partial charge is 0.493 e. The molecule has 0 unspecified atom stereocenters. The zero-order chi connectivity index (χ0) is 23.1. The van der Waals surface area contributed by atoms with Gasteiger partial charge in [-0.25, -0.2) is 0 Å². The van der Waals surface area contributed by atoms with Gasteiger partial charge in [0.25, 0.3) is 5.91 Å². The van der Waals surface area contributed by atoms with Crippen LogP contribution in [0.2, 0.25) is 0 Å². The average Bonchev–Trinajstić information content (AvgIpc) is 2.77. The minimum atomic E-state index is -0.218. The molecular formula is C27H31NO4. The highest BCUT2D eigenvalue weighted by molar-refractivity contribution is 6.05. The van der Waals surface area contributed by atoms with Gasteiger partial charge in [-0.05, 0) is 87.7 Å². The number of benzene rings is 3. The number of hydrogen-bond acceptors (Lipinski definition) is 4. The standard InChI is InChI=1S/C27H31NO4/c1-6-30-24-13-12-21(27(29)28-23-10-8-9-11-25(23)31-7-2)16-22(24)17-32-26-15-18(3)14-19(4)20(26)5/h8-16H,6-7,17H2,1-5H3,(H,28,29). The van der Waals surface area contributed by atoms with Crippen LogP contribution in [0.1, 0.15) is 46.5 Å². The fourth-order valence-corrected chi connectivity index (χ4v) is 3.48. The fourth-order valence-electron chi connectivity index (χ4n) is 3.48. The maximum Gasteiger partial charge on any atom is 0.255 e. The Hall–Kier alpha value is -3.47. The molecule has 0 radical (unpaired) electrons. The van der Waals surface area contributed by atoms with Crippen LogP contribution in [0.3, 0.4) is 0 Å². The number of hydrogen-bond donors (Lipinski definition) is 1. The van der Waals surface area contributed by atoms with E-state index < -0.39 is 0 Å². The normalized spacial score (nSPS) is 10.5. The highest BCUT2D eigenvalue weighted by atomic mass is 16.5. The van der Waals surface area contributed by atoms with Crippen LogP contribution in [-0.2, 0) is 6.61 Å². The molecule has 0 saturated heterocycles. The minimum Gasteiger partial charge on any atom is -0.493 e. The lowest BCUT2D eigenvalue weighted by atomic mass is 10.1. The predicted molar refractivity (Wildman–Crippen MR) is 128 cm³/mol. The quantitative estimate of drug-likeness (QED) is 0.434. The second kappa shape index (κ2) is 10.7. The Morgan fingerprint density at radius 1 is 0.812 bits per heavy atom. The van der Waals surface area contributed by atoms with E-state index in [2.05, 4.69) is 25.2 Å². The molecule has 3 rings (SSSR count). The third kappa shape index (κ3) is 5.61. The van der Waals surface area contributed by atoms with Crippen molar-refractivity contribution in [2.75, 3.05) is 18.5 Å². The summed E-state index contributed by atoms with van der Waals surface area (Å²) in [6.07, 6.45) is 0. The molecule has 0 spiro atoms. The molecule has 0 aliphatic heterocycles. The number of para-hydroxylation sites is 2. The van der Waals surface area contributed by atoms with Crippen molar-refractivity contribution in [2.45, 2.75) is 41.2 Å². The Balaban J connectivity index is 1.84. The van der Waals surface area contributed by atoms with Crippen LogP contribution in [0.5, 0.6) is 17.2 Å². The Morgan fingerprint density at radius 3 is 2.28 bits per heavy atom. The number of ether oxygens (including phenoxy) is 3. The van der Waals surface area contributed by atoms with Gasteiger partial charge in [-0.3, -0.25) is 4.79 Å². The van der Waals surface area contributed by atoms with Crippen molar-refractivity contribution in [2.24, 2.45) is 0 Å². The number of carbonyl (C=O) groups excluding carboxylic acids is 1. The summed E-state index contributed by atoms with van der Waals surface area (Å²) in [5.74, 6) is 1.97. The number of nitrogens with one attached hydrogen (secondary N) is 1. The molecule has 3 aromatic rings. The van der Waals surface area contributed by atoms with Crippen molar-refractivity contribution < 1.29 is 19.0 Å². The molecule has 168 valence electrons. The summed E-state index contributed by atoms with van der Waals surface area (Å²) >= 11 is 0. The molecule has 0 bridgehead atoms. The van der Waals surface area contributed by atoms with Crippen LogP contribution in [0.15, 0.2) is 54.6 Å². The number of rotatable bonds is 9. The molecule has 1 amide bonds. The molecule has 0 aromatic heterocycles. The van der Waals surface area contributed by atoms with Gasteiger partial charge in [0.05, 0.1) is 18.9 Å². The molecule has 0 fully saturated rings. The van der Waals surface area contributed by atoms with Crippen molar-refractivity contribution in [3.8, 4) is 17.2 Å². The van der Waals surface area contributed by atoms with E-state index >= 15 is 0 Å². The Labute approximate surface area is 190 Å². The van der Waals surface area contributed by atoms with Crippen LogP contribution in [-0.4, -0.2) is 19.1 Å². The van der Waals surface area contributed by atoms with Gasteiger partial charge in [-0.15, -0.1) is 0 Å². The predicted octanol–water partition coefficient (Wildman–Crippen LogP) is 6.24. The highest BCUT2D eigenvalue weighted by Gasteiger charge is 2.14. The Morgan fingerprint density at radius 2 is 1.53 bits per heavy atom. The van der Waals surface area contributed by atoms with Gasteiger partial charge < -0.3 is 19.5 Å². The first kappa shape index (κ1) is 23.2. The van der Waals surface area contributed by atoms with Crippen molar-refractivity contribution in [3.63, 3.8) is 0 Å². The Kier molecular flexibility index (Phi) is 7.77. The van der Waals surface area contributed by atoms with E-state index in [-0.39, 0.29) is 5.91 Å². The molecule has 3 aromatic carbocycles. The van der Waals surface area contributed by atoms with E-state index in [0.29, 0.717) is 42.6 Å². The van der Waals surface area contributed by atoms with Crippen LogP contribution in [0, 0.1) is 20.8 Å². The van der Waals surface area contributed by atoms with E-state index in [1.54, 1.807) is 6.07 Å². The molecule has 0 aliphatic rings. The van der Waals surface area contributed by atoms with Crippen molar-refractivity contribution in [3.05, 3.63) is 82.4 Å². The summed E-state index contributed by atoms with van der Waals surface area (Å²) < 4.78 is 17.5. The lowest BCUT2D eigenvalue weighted by Gasteiger charge is -2.16. The van der Waals surface area contributed by atoms with Gasteiger partial charge in [0, 0.05) is 11.1 Å². The zero-order valence-electron chi connectivity index (χ0n) is 19.5. The van der Waals surface area contributed by atoms with E-state index in [1.165, 1.54) is 5.56 Å². The van der Waals surface area contributed by atoms with Crippen molar-refractivity contribution in [1.29, 1.82) is 0 Å².